The van der Waals surface area contributed by atoms with Crippen LogP contribution in [-0.2, 0) is 0 Å². The highest BCUT2D eigenvalue weighted by Crippen LogP contribution is 2.16. The van der Waals surface area contributed by atoms with Crippen molar-refractivity contribution >= 4 is 0 Å². The largest absolute Gasteiger partial charge is 0.391 e. The molecule has 0 aliphatic rings. The lowest BCUT2D eigenvalue weighted by Crippen LogP contribution is -2.63. The molecule has 4 nitrogen and oxygen atoms in total. The summed E-state index contributed by atoms with van der Waals surface area (Å²) in [5.74, 6) is 0. The van der Waals surface area contributed by atoms with Gasteiger partial charge in [-0.3, -0.25) is 0 Å². The van der Waals surface area contributed by atoms with E-state index in [0.717, 1.165) is 0 Å². The van der Waals surface area contributed by atoms with Gasteiger partial charge in [-0.05, 0) is 12.8 Å². The van der Waals surface area contributed by atoms with Crippen LogP contribution in [0.5, 0.6) is 0 Å². The Morgan fingerprint density at radius 1 is 1.17 bits per heavy atom. The second-order valence-corrected chi connectivity index (χ2v) is 3.16. The molecule has 2 atom stereocenters. The van der Waals surface area contributed by atoms with E-state index in [1.54, 1.807) is 0 Å². The minimum atomic E-state index is -1.05. The average molecular weight is 176 g/mol. The fraction of sp³-hybridized carbons (Fsp3) is 1.00. The van der Waals surface area contributed by atoms with Gasteiger partial charge in [0.1, 0.15) is 0 Å². The molecule has 6 N–H and O–H groups in total. The molecule has 0 aromatic rings. The van der Waals surface area contributed by atoms with Crippen LogP contribution in [0.4, 0.5) is 0 Å². The number of hydrogen-bond donors (Lipinski definition) is 4. The Bertz CT molecular complexity index is 120. The van der Waals surface area contributed by atoms with Crippen molar-refractivity contribution in [3.63, 3.8) is 0 Å². The predicted molar refractivity (Wildman–Crippen MR) is 48.6 cm³/mol. The van der Waals surface area contributed by atoms with Crippen molar-refractivity contribution in [2.45, 2.75) is 44.4 Å². The maximum absolute atomic E-state index is 9.51. The van der Waals surface area contributed by atoms with Crippen molar-refractivity contribution in [1.82, 2.24) is 0 Å². The van der Waals surface area contributed by atoms with Gasteiger partial charge < -0.3 is 21.7 Å². The molecule has 0 radical (unpaired) electrons. The van der Waals surface area contributed by atoms with Gasteiger partial charge >= 0.3 is 0 Å². The molecule has 2 unspecified atom stereocenters. The van der Waals surface area contributed by atoms with Crippen molar-refractivity contribution < 1.29 is 10.2 Å². The normalized spacial score (nSPS) is 21.5. The molecule has 0 heterocycles. The van der Waals surface area contributed by atoms with Crippen molar-refractivity contribution in [2.75, 3.05) is 6.54 Å². The third kappa shape index (κ3) is 2.17. The molecule has 0 rings (SSSR count). The zero-order valence-electron chi connectivity index (χ0n) is 7.83. The van der Waals surface area contributed by atoms with Gasteiger partial charge in [-0.25, -0.2) is 0 Å². The Hall–Kier alpha value is -0.160. The molecule has 0 fully saturated rings. The first kappa shape index (κ1) is 11.8. The number of aliphatic hydroxyl groups is 2. The Labute approximate surface area is 73.6 Å². The van der Waals surface area contributed by atoms with Crippen LogP contribution in [0.1, 0.15) is 26.7 Å². The van der Waals surface area contributed by atoms with Gasteiger partial charge in [0.05, 0.1) is 17.7 Å². The summed E-state index contributed by atoms with van der Waals surface area (Å²) >= 11 is 0. The van der Waals surface area contributed by atoms with E-state index in [4.69, 9.17) is 11.5 Å². The molecule has 0 saturated carbocycles. The molecule has 12 heavy (non-hydrogen) atoms. The van der Waals surface area contributed by atoms with Crippen LogP contribution >= 0.6 is 0 Å². The summed E-state index contributed by atoms with van der Waals surface area (Å²) in [6.45, 7) is 3.71. The van der Waals surface area contributed by atoms with Crippen LogP contribution < -0.4 is 11.5 Å². The van der Waals surface area contributed by atoms with E-state index in [1.165, 1.54) is 0 Å². The quantitative estimate of drug-likeness (QED) is 0.440. The van der Waals surface area contributed by atoms with Gasteiger partial charge in [0.25, 0.3) is 0 Å². The Balaban J connectivity index is 4.42. The molecule has 0 saturated heterocycles. The van der Waals surface area contributed by atoms with Gasteiger partial charge in [0, 0.05) is 6.54 Å². The maximum atomic E-state index is 9.51. The highest BCUT2D eigenvalue weighted by molar-refractivity contribution is 4.97. The lowest BCUT2D eigenvalue weighted by atomic mass is 9.84. The Morgan fingerprint density at radius 2 is 1.50 bits per heavy atom. The third-order valence-corrected chi connectivity index (χ3v) is 2.37. The molecule has 0 aromatic carbocycles. The summed E-state index contributed by atoms with van der Waals surface area (Å²) in [4.78, 5) is 0. The molecule has 0 bridgehead atoms. The first-order valence-corrected chi connectivity index (χ1v) is 4.37. The van der Waals surface area contributed by atoms with Crippen molar-refractivity contribution in [2.24, 2.45) is 11.5 Å². The predicted octanol–water partition coefficient (Wildman–Crippen LogP) is -0.816. The Morgan fingerprint density at radius 3 is 1.67 bits per heavy atom. The second kappa shape index (κ2) is 4.77. The SMILES string of the molecule is CCC(O)C(N)(CN)C(O)CC. The van der Waals surface area contributed by atoms with E-state index in [2.05, 4.69) is 0 Å². The summed E-state index contributed by atoms with van der Waals surface area (Å²) in [6, 6.07) is 0. The van der Waals surface area contributed by atoms with E-state index >= 15 is 0 Å². The van der Waals surface area contributed by atoms with Crippen LogP contribution in [0.3, 0.4) is 0 Å². The highest BCUT2D eigenvalue weighted by Gasteiger charge is 2.37. The second-order valence-electron chi connectivity index (χ2n) is 3.16. The van der Waals surface area contributed by atoms with Crippen LogP contribution in [0.2, 0.25) is 0 Å². The highest BCUT2D eigenvalue weighted by atomic mass is 16.3. The van der Waals surface area contributed by atoms with E-state index in [1.807, 2.05) is 13.8 Å². The number of aliphatic hydroxyl groups excluding tert-OH is 2. The number of rotatable bonds is 5. The Kier molecular flexibility index (Phi) is 4.70. The third-order valence-electron chi connectivity index (χ3n) is 2.37. The molecule has 0 aromatic heterocycles. The summed E-state index contributed by atoms with van der Waals surface area (Å²) in [6.07, 6.45) is -0.468. The smallest absolute Gasteiger partial charge is 0.0803 e. The number of hydrogen-bond acceptors (Lipinski definition) is 4. The monoisotopic (exact) mass is 176 g/mol. The van der Waals surface area contributed by atoms with E-state index in [0.29, 0.717) is 12.8 Å². The lowest BCUT2D eigenvalue weighted by molar-refractivity contribution is -0.00896. The summed E-state index contributed by atoms with van der Waals surface area (Å²) < 4.78 is 0. The minimum Gasteiger partial charge on any atom is -0.391 e. The molecular formula is C8H20N2O2. The first-order chi connectivity index (χ1) is 5.52. The minimum absolute atomic E-state index is 0.0943. The average Bonchev–Trinajstić information content (AvgIpc) is 2.13. The fourth-order valence-electron chi connectivity index (χ4n) is 1.25. The van der Waals surface area contributed by atoms with E-state index < -0.39 is 17.7 Å². The van der Waals surface area contributed by atoms with Crippen molar-refractivity contribution in [3.05, 3.63) is 0 Å². The van der Waals surface area contributed by atoms with E-state index in [-0.39, 0.29) is 6.54 Å². The molecular weight excluding hydrogens is 156 g/mol. The zero-order chi connectivity index (χ0) is 9.78. The number of nitrogens with two attached hydrogens (primary N) is 2. The molecule has 4 heteroatoms. The van der Waals surface area contributed by atoms with Crippen LogP contribution in [0.25, 0.3) is 0 Å². The summed E-state index contributed by atoms with van der Waals surface area (Å²) in [5, 5.41) is 19.0. The molecule has 0 aliphatic carbocycles. The lowest BCUT2D eigenvalue weighted by Gasteiger charge is -2.36. The van der Waals surface area contributed by atoms with Crippen LogP contribution in [-0.4, -0.2) is 34.5 Å². The molecule has 74 valence electrons. The summed E-state index contributed by atoms with van der Waals surface area (Å²) in [7, 11) is 0. The van der Waals surface area contributed by atoms with Gasteiger partial charge in [-0.15, -0.1) is 0 Å². The zero-order valence-corrected chi connectivity index (χ0v) is 7.83. The molecule has 0 amide bonds. The van der Waals surface area contributed by atoms with Gasteiger partial charge in [-0.1, -0.05) is 13.8 Å². The fourth-order valence-corrected chi connectivity index (χ4v) is 1.25. The van der Waals surface area contributed by atoms with Crippen LogP contribution in [0, 0.1) is 0 Å². The standard InChI is InChI=1S/C8H20N2O2/c1-3-6(11)8(10,5-9)7(12)4-2/h6-7,11-12H,3-5,9-10H2,1-2H3. The molecule has 0 aliphatic heterocycles. The van der Waals surface area contributed by atoms with Crippen molar-refractivity contribution in [3.8, 4) is 0 Å². The molecule has 0 spiro atoms. The maximum Gasteiger partial charge on any atom is 0.0803 e. The first-order valence-electron chi connectivity index (χ1n) is 4.37. The van der Waals surface area contributed by atoms with E-state index in [9.17, 15) is 10.2 Å². The van der Waals surface area contributed by atoms with Crippen LogP contribution in [0.15, 0.2) is 0 Å². The summed E-state index contributed by atoms with van der Waals surface area (Å²) in [5.41, 5.74) is 10.1. The van der Waals surface area contributed by atoms with Crippen molar-refractivity contribution in [1.29, 1.82) is 0 Å². The van der Waals surface area contributed by atoms with Gasteiger partial charge in [0.15, 0.2) is 0 Å². The van der Waals surface area contributed by atoms with Gasteiger partial charge in [0.2, 0.25) is 0 Å². The van der Waals surface area contributed by atoms with Gasteiger partial charge in [-0.2, -0.15) is 0 Å². The topological polar surface area (TPSA) is 92.5 Å².